The fraction of sp³-hybridized carbons (Fsp3) is 0. The van der Waals surface area contributed by atoms with Crippen LogP contribution in [0.25, 0.3) is 65.7 Å². The van der Waals surface area contributed by atoms with Crippen molar-refractivity contribution in [2.24, 2.45) is 0 Å². The van der Waals surface area contributed by atoms with Gasteiger partial charge in [-0.1, -0.05) is 121 Å². The van der Waals surface area contributed by atoms with Gasteiger partial charge < -0.3 is 4.74 Å². The highest BCUT2D eigenvalue weighted by Crippen LogP contribution is 2.53. The Kier molecular flexibility index (Phi) is 2.96. The van der Waals surface area contributed by atoms with Crippen molar-refractivity contribution >= 4 is 32.3 Å². The van der Waals surface area contributed by atoms with Crippen molar-refractivity contribution in [2.45, 2.75) is 0 Å². The molecular formula is C36H22O. The van der Waals surface area contributed by atoms with E-state index in [1.807, 2.05) is 54.6 Å². The molecule has 0 atom stereocenters. The van der Waals surface area contributed by atoms with Crippen LogP contribution in [-0.4, -0.2) is 0 Å². The first kappa shape index (κ1) is 14.0. The number of ether oxygens (including phenoxy) is 1. The van der Waals surface area contributed by atoms with Crippen LogP contribution in [0.1, 0.15) is 11.0 Å². The molecule has 0 radical (unpaired) electrons. The maximum Gasteiger partial charge on any atom is 0.135 e. The van der Waals surface area contributed by atoms with Gasteiger partial charge in [-0.2, -0.15) is 0 Å². The summed E-state index contributed by atoms with van der Waals surface area (Å²) in [5.74, 6) is 1.22. The summed E-state index contributed by atoms with van der Waals surface area (Å²) in [4.78, 5) is 0. The number of benzene rings is 7. The molecule has 8 rings (SSSR count). The van der Waals surface area contributed by atoms with Crippen molar-refractivity contribution in [3.05, 3.63) is 133 Å². The van der Waals surface area contributed by atoms with Crippen LogP contribution in [0, 0.1) is 0 Å². The fourth-order valence-electron chi connectivity index (χ4n) is 5.61. The van der Waals surface area contributed by atoms with Gasteiger partial charge in [0.15, 0.2) is 0 Å². The Morgan fingerprint density at radius 1 is 0.459 bits per heavy atom. The number of hydrogen-bond donors (Lipinski definition) is 0. The molecule has 0 saturated heterocycles. The average Bonchev–Trinajstić information content (AvgIpc) is 3.07. The minimum atomic E-state index is -0.429. The van der Waals surface area contributed by atoms with Crippen LogP contribution < -0.4 is 4.74 Å². The Labute approximate surface area is 226 Å². The van der Waals surface area contributed by atoms with E-state index in [2.05, 4.69) is 0 Å². The van der Waals surface area contributed by atoms with Crippen molar-refractivity contribution in [2.75, 3.05) is 0 Å². The molecule has 0 bridgehead atoms. The minimum absolute atomic E-state index is 0.178. The zero-order valence-corrected chi connectivity index (χ0v) is 19.5. The van der Waals surface area contributed by atoms with Gasteiger partial charge in [0, 0.05) is 10.9 Å². The molecule has 37 heavy (non-hydrogen) atoms. The topological polar surface area (TPSA) is 9.23 Å². The lowest BCUT2D eigenvalue weighted by Gasteiger charge is -2.25. The summed E-state index contributed by atoms with van der Waals surface area (Å²) in [7, 11) is 0. The molecule has 1 nitrogen and oxygen atoms in total. The summed E-state index contributed by atoms with van der Waals surface area (Å²) in [6, 6.07) is 23.3. The van der Waals surface area contributed by atoms with Crippen molar-refractivity contribution in [3.8, 4) is 44.9 Å². The zero-order chi connectivity index (χ0) is 31.3. The minimum Gasteiger partial charge on any atom is -0.456 e. The highest BCUT2D eigenvalue weighted by atomic mass is 16.5. The van der Waals surface area contributed by atoms with Gasteiger partial charge in [-0.3, -0.25) is 0 Å². The largest absolute Gasteiger partial charge is 0.456 e. The Bertz CT molecular complexity index is 2350. The second-order valence-electron chi connectivity index (χ2n) is 9.06. The Morgan fingerprint density at radius 3 is 1.73 bits per heavy atom. The third kappa shape index (κ3) is 2.92. The molecule has 1 aliphatic rings. The number of hydrogen-bond acceptors (Lipinski definition) is 1. The van der Waals surface area contributed by atoms with E-state index in [9.17, 15) is 2.74 Å². The van der Waals surface area contributed by atoms with Gasteiger partial charge >= 0.3 is 0 Å². The molecule has 0 amide bonds. The molecule has 1 heterocycles. The molecule has 0 N–H and O–H groups in total. The standard InChI is InChI=1S/C36H22O/c1-2-11-23(12-3-1)33-25-15-4-6-17-27(25)35(28-18-7-5-16-26(28)33)30-20-10-22-32-36(30)29-19-8-13-24-14-9-21-31(37-32)34(24)29/h1-22H/i4D,5D,6D,7D,15D,16D,17D,18D. The quantitative estimate of drug-likeness (QED) is 0.225. The van der Waals surface area contributed by atoms with Gasteiger partial charge in [-0.25, -0.2) is 0 Å². The summed E-state index contributed by atoms with van der Waals surface area (Å²) in [5, 5.41) is 2.58. The second-order valence-corrected chi connectivity index (χ2v) is 9.06. The van der Waals surface area contributed by atoms with Crippen LogP contribution in [-0.2, 0) is 0 Å². The van der Waals surface area contributed by atoms with Crippen molar-refractivity contribution < 1.29 is 15.7 Å². The highest BCUT2D eigenvalue weighted by molar-refractivity contribution is 6.23. The lowest BCUT2D eigenvalue weighted by atomic mass is 9.82. The van der Waals surface area contributed by atoms with Crippen LogP contribution in [0.4, 0.5) is 0 Å². The summed E-state index contributed by atoms with van der Waals surface area (Å²) >= 11 is 0. The first-order valence-electron chi connectivity index (χ1n) is 16.1. The van der Waals surface area contributed by atoms with E-state index < -0.39 is 24.2 Å². The van der Waals surface area contributed by atoms with Crippen molar-refractivity contribution in [1.82, 2.24) is 0 Å². The van der Waals surface area contributed by atoms with Gasteiger partial charge in [0.2, 0.25) is 0 Å². The van der Waals surface area contributed by atoms with E-state index in [1.165, 1.54) is 0 Å². The molecule has 0 saturated carbocycles. The first-order chi connectivity index (χ1) is 21.7. The molecule has 172 valence electrons. The third-order valence-corrected chi connectivity index (χ3v) is 7.09. The fourth-order valence-corrected chi connectivity index (χ4v) is 5.61. The van der Waals surface area contributed by atoms with E-state index in [1.54, 1.807) is 30.3 Å². The third-order valence-electron chi connectivity index (χ3n) is 7.09. The number of rotatable bonds is 2. The maximum absolute atomic E-state index is 9.23. The molecular weight excluding hydrogens is 448 g/mol. The van der Waals surface area contributed by atoms with E-state index >= 15 is 0 Å². The average molecular weight is 479 g/mol. The molecule has 1 aliphatic heterocycles. The Hall–Kier alpha value is -4.88. The van der Waals surface area contributed by atoms with E-state index in [4.69, 9.17) is 13.0 Å². The van der Waals surface area contributed by atoms with E-state index in [0.29, 0.717) is 39.3 Å². The first-order valence-corrected chi connectivity index (χ1v) is 12.1. The SMILES string of the molecule is [2H]c1c([2H])c([2H])c2c(-c3cccc4c3-c3cccc5cccc(c35)O4)c3c([2H])c([2H])c([2H])c([2H])c3c(-c3ccccc3)c2c1[2H]. The van der Waals surface area contributed by atoms with Gasteiger partial charge in [0.1, 0.15) is 11.5 Å². The number of fused-ring (bicyclic) bond motifs is 4. The van der Waals surface area contributed by atoms with E-state index in [-0.39, 0.29) is 45.7 Å². The molecule has 0 spiro atoms. The Balaban J connectivity index is 1.69. The molecule has 0 aliphatic carbocycles. The second kappa shape index (κ2) is 7.81. The summed E-state index contributed by atoms with van der Waals surface area (Å²) in [6.07, 6.45) is 0. The predicted molar refractivity (Wildman–Crippen MR) is 155 cm³/mol. The summed E-state index contributed by atoms with van der Waals surface area (Å²) in [5.41, 5.74) is 3.28. The summed E-state index contributed by atoms with van der Waals surface area (Å²) in [6.45, 7) is 0. The smallest absolute Gasteiger partial charge is 0.135 e. The highest BCUT2D eigenvalue weighted by Gasteiger charge is 2.25. The molecule has 0 aromatic heterocycles. The maximum atomic E-state index is 9.23. The zero-order valence-electron chi connectivity index (χ0n) is 27.5. The van der Waals surface area contributed by atoms with Crippen molar-refractivity contribution in [1.29, 1.82) is 0 Å². The van der Waals surface area contributed by atoms with Gasteiger partial charge in [0.25, 0.3) is 0 Å². The molecule has 1 heteroatoms. The van der Waals surface area contributed by atoms with Gasteiger partial charge in [-0.05, 0) is 66.9 Å². The Morgan fingerprint density at radius 2 is 1.03 bits per heavy atom. The monoisotopic (exact) mass is 478 g/mol. The molecule has 0 fully saturated rings. The van der Waals surface area contributed by atoms with Crippen LogP contribution in [0.3, 0.4) is 0 Å². The van der Waals surface area contributed by atoms with Crippen LogP contribution in [0.15, 0.2) is 133 Å². The van der Waals surface area contributed by atoms with Crippen LogP contribution >= 0.6 is 0 Å². The van der Waals surface area contributed by atoms with Crippen LogP contribution in [0.5, 0.6) is 11.5 Å². The normalized spacial score (nSPS) is 15.0. The predicted octanol–water partition coefficient (Wildman–Crippen LogP) is 10.3. The van der Waals surface area contributed by atoms with Gasteiger partial charge in [0.05, 0.1) is 11.0 Å². The lowest BCUT2D eigenvalue weighted by molar-refractivity contribution is 0.487. The molecule has 7 aromatic rings. The van der Waals surface area contributed by atoms with E-state index in [0.717, 1.165) is 16.3 Å². The lowest BCUT2D eigenvalue weighted by Crippen LogP contribution is -1.99. The van der Waals surface area contributed by atoms with Crippen LogP contribution in [0.2, 0.25) is 0 Å². The van der Waals surface area contributed by atoms with Crippen molar-refractivity contribution in [3.63, 3.8) is 0 Å². The molecule has 7 aromatic carbocycles. The molecule has 0 unspecified atom stereocenters. The summed E-state index contributed by atoms with van der Waals surface area (Å²) < 4.78 is 77.8. The van der Waals surface area contributed by atoms with Gasteiger partial charge in [-0.15, -0.1) is 0 Å².